The minimum absolute atomic E-state index is 0.282. The number of rotatable bonds is 5. The fourth-order valence-electron chi connectivity index (χ4n) is 2.67. The van der Waals surface area contributed by atoms with E-state index in [1.54, 1.807) is 4.57 Å². The summed E-state index contributed by atoms with van der Waals surface area (Å²) in [6.07, 6.45) is 4.75. The van der Waals surface area contributed by atoms with Crippen LogP contribution >= 0.6 is 15.9 Å². The molecule has 0 saturated carbocycles. The highest BCUT2D eigenvalue weighted by Gasteiger charge is 2.14. The summed E-state index contributed by atoms with van der Waals surface area (Å²) in [5.41, 5.74) is 5.37. The van der Waals surface area contributed by atoms with Gasteiger partial charge in [-0.05, 0) is 36.8 Å². The van der Waals surface area contributed by atoms with E-state index < -0.39 is 0 Å². The number of nitrogens with one attached hydrogen (secondary N) is 1. The molecule has 4 nitrogen and oxygen atoms in total. The maximum atomic E-state index is 12.5. The molecule has 0 radical (unpaired) electrons. The molecule has 25 heavy (non-hydrogen) atoms. The lowest BCUT2D eigenvalue weighted by molar-refractivity contribution is 0.0714. The van der Waals surface area contributed by atoms with Crippen LogP contribution in [0, 0.1) is 0 Å². The first-order chi connectivity index (χ1) is 12.2. The Morgan fingerprint density at radius 1 is 1.20 bits per heavy atom. The number of fused-ring (bicyclic) bond motifs is 1. The maximum Gasteiger partial charge on any atom is 0.350 e. The molecule has 3 rings (SSSR count). The van der Waals surface area contributed by atoms with Gasteiger partial charge in [0, 0.05) is 22.0 Å². The third-order valence-electron chi connectivity index (χ3n) is 3.80. The number of para-hydroxylation sites is 1. The summed E-state index contributed by atoms with van der Waals surface area (Å²) in [6.45, 7) is 2.25. The van der Waals surface area contributed by atoms with Crippen LogP contribution in [-0.4, -0.2) is 17.2 Å². The maximum absolute atomic E-state index is 12.5. The van der Waals surface area contributed by atoms with Gasteiger partial charge in [0.05, 0.1) is 12.1 Å². The number of carbonyl (C=O) groups is 1. The van der Waals surface area contributed by atoms with E-state index >= 15 is 0 Å². The normalized spacial score (nSPS) is 11.3. The highest BCUT2D eigenvalue weighted by atomic mass is 79.9. The Bertz CT molecular complexity index is 898. The van der Waals surface area contributed by atoms with E-state index in [0.29, 0.717) is 13.0 Å². The topological polar surface area (TPSA) is 43.3 Å². The molecule has 3 aromatic rings. The van der Waals surface area contributed by atoms with Crippen molar-refractivity contribution in [1.82, 2.24) is 10.0 Å². The number of aromatic nitrogens is 1. The second-order valence-electron chi connectivity index (χ2n) is 5.53. The fourth-order valence-corrected chi connectivity index (χ4v) is 2.94. The second-order valence-corrected chi connectivity index (χ2v) is 6.44. The molecule has 0 atom stereocenters. The van der Waals surface area contributed by atoms with E-state index in [-0.39, 0.29) is 6.03 Å². The van der Waals surface area contributed by atoms with Crippen LogP contribution in [0.15, 0.2) is 65.1 Å². The largest absolute Gasteiger partial charge is 0.350 e. The molecule has 0 aliphatic rings. The van der Waals surface area contributed by atoms with E-state index in [1.807, 2.05) is 61.5 Å². The Balaban J connectivity index is 1.87. The van der Waals surface area contributed by atoms with Crippen LogP contribution in [0.1, 0.15) is 18.2 Å². The second kappa shape index (κ2) is 8.14. The highest BCUT2D eigenvalue weighted by molar-refractivity contribution is 9.10. The Kier molecular flexibility index (Phi) is 5.68. The molecule has 1 N–H and O–H groups in total. The lowest BCUT2D eigenvalue weighted by Gasteiger charge is -2.09. The van der Waals surface area contributed by atoms with Crippen molar-refractivity contribution in [2.24, 2.45) is 0 Å². The molecule has 0 unspecified atom stereocenters. The van der Waals surface area contributed by atoms with E-state index in [0.717, 1.165) is 26.6 Å². The van der Waals surface area contributed by atoms with Gasteiger partial charge >= 0.3 is 6.03 Å². The lowest BCUT2D eigenvalue weighted by Crippen LogP contribution is -2.29. The first kappa shape index (κ1) is 17.5. The first-order valence-corrected chi connectivity index (χ1v) is 8.92. The molecule has 0 spiro atoms. The Morgan fingerprint density at radius 2 is 1.96 bits per heavy atom. The lowest BCUT2D eigenvalue weighted by atomic mass is 10.2. The number of nitrogens with zero attached hydrogens (tertiary/aromatic N) is 1. The van der Waals surface area contributed by atoms with E-state index in [1.165, 1.54) is 0 Å². The first-order valence-electron chi connectivity index (χ1n) is 8.12. The van der Waals surface area contributed by atoms with Crippen LogP contribution in [0.4, 0.5) is 4.79 Å². The van der Waals surface area contributed by atoms with Gasteiger partial charge in [0.1, 0.15) is 0 Å². The van der Waals surface area contributed by atoms with Gasteiger partial charge < -0.3 is 0 Å². The summed E-state index contributed by atoms with van der Waals surface area (Å²) < 4.78 is 2.72. The molecule has 128 valence electrons. The zero-order valence-corrected chi connectivity index (χ0v) is 15.5. The van der Waals surface area contributed by atoms with E-state index in [9.17, 15) is 4.79 Å². The molecule has 1 amide bonds. The van der Waals surface area contributed by atoms with Gasteiger partial charge in [0.15, 0.2) is 0 Å². The fraction of sp³-hybridized carbons (Fsp3) is 0.150. The van der Waals surface area contributed by atoms with Crippen molar-refractivity contribution in [1.29, 1.82) is 0 Å². The van der Waals surface area contributed by atoms with Crippen molar-refractivity contribution < 1.29 is 9.63 Å². The van der Waals surface area contributed by atoms with Crippen molar-refractivity contribution in [3.63, 3.8) is 0 Å². The van der Waals surface area contributed by atoms with Crippen LogP contribution in [0.5, 0.6) is 0 Å². The Morgan fingerprint density at radius 3 is 2.72 bits per heavy atom. The molecule has 0 saturated heterocycles. The molecule has 1 heterocycles. The molecule has 0 aliphatic carbocycles. The molecular formula is C20H19BrN2O2. The molecule has 5 heteroatoms. The predicted octanol–water partition coefficient (Wildman–Crippen LogP) is 5.17. The number of allylic oxidation sites excluding steroid dienone is 1. The number of amides is 1. The van der Waals surface area contributed by atoms with Crippen molar-refractivity contribution in [2.75, 3.05) is 6.61 Å². The molecule has 0 bridgehead atoms. The summed E-state index contributed by atoms with van der Waals surface area (Å²) in [4.78, 5) is 17.5. The summed E-state index contributed by atoms with van der Waals surface area (Å²) in [7, 11) is 0. The smallest absolute Gasteiger partial charge is 0.272 e. The standard InChI is InChI=1S/C20H19BrN2O2/c1-2-25-22-20(24)23-18(14-16-7-3-4-9-19(16)23)8-5-6-15-10-12-17(21)13-11-15/h3-7,9-14H,2,8H2,1H3,(H,22,24)/b6-5+. The minimum atomic E-state index is -0.282. The van der Waals surface area contributed by atoms with Crippen LogP contribution < -0.4 is 5.48 Å². The SMILES string of the molecule is CCONC(=O)n1c(C/C=C/c2ccc(Br)cc2)cc2ccccc21. The molecular weight excluding hydrogens is 380 g/mol. The van der Waals surface area contributed by atoms with E-state index in [2.05, 4.69) is 33.6 Å². The summed E-state index contributed by atoms with van der Waals surface area (Å²) >= 11 is 3.43. The van der Waals surface area contributed by atoms with Gasteiger partial charge in [-0.15, -0.1) is 0 Å². The van der Waals surface area contributed by atoms with Crippen LogP contribution in [0.2, 0.25) is 0 Å². The number of hydrogen-bond donors (Lipinski definition) is 1. The third kappa shape index (κ3) is 4.18. The van der Waals surface area contributed by atoms with Gasteiger partial charge in [-0.25, -0.2) is 10.3 Å². The van der Waals surface area contributed by atoms with Crippen molar-refractivity contribution >= 4 is 38.9 Å². The van der Waals surface area contributed by atoms with Gasteiger partial charge in [-0.1, -0.05) is 58.4 Å². The third-order valence-corrected chi connectivity index (χ3v) is 4.33. The summed E-state index contributed by atoms with van der Waals surface area (Å²) in [5, 5.41) is 1.03. The van der Waals surface area contributed by atoms with Crippen molar-refractivity contribution in [2.45, 2.75) is 13.3 Å². The van der Waals surface area contributed by atoms with Gasteiger partial charge in [-0.3, -0.25) is 9.40 Å². The summed E-state index contributed by atoms with van der Waals surface area (Å²) in [6, 6.07) is 17.7. The monoisotopic (exact) mass is 398 g/mol. The average Bonchev–Trinajstić information content (AvgIpc) is 2.99. The zero-order chi connectivity index (χ0) is 17.6. The van der Waals surface area contributed by atoms with Gasteiger partial charge in [0.2, 0.25) is 0 Å². The highest BCUT2D eigenvalue weighted by Crippen LogP contribution is 2.21. The minimum Gasteiger partial charge on any atom is -0.272 e. The molecule has 0 aliphatic heterocycles. The van der Waals surface area contributed by atoms with Crippen LogP contribution in [-0.2, 0) is 11.3 Å². The predicted molar refractivity (Wildman–Crippen MR) is 104 cm³/mol. The Hall–Kier alpha value is -2.37. The van der Waals surface area contributed by atoms with Gasteiger partial charge in [-0.2, -0.15) is 0 Å². The van der Waals surface area contributed by atoms with E-state index in [4.69, 9.17) is 4.84 Å². The van der Waals surface area contributed by atoms with Crippen LogP contribution in [0.25, 0.3) is 17.0 Å². The average molecular weight is 399 g/mol. The number of carbonyl (C=O) groups excluding carboxylic acids is 1. The summed E-state index contributed by atoms with van der Waals surface area (Å²) in [5.74, 6) is 0. The molecule has 2 aromatic carbocycles. The number of hydroxylamine groups is 1. The number of benzene rings is 2. The zero-order valence-electron chi connectivity index (χ0n) is 13.9. The molecule has 0 fully saturated rings. The van der Waals surface area contributed by atoms with Crippen molar-refractivity contribution in [3.05, 3.63) is 76.4 Å². The van der Waals surface area contributed by atoms with Crippen molar-refractivity contribution in [3.8, 4) is 0 Å². The number of halogens is 1. The quantitative estimate of drug-likeness (QED) is 0.602. The van der Waals surface area contributed by atoms with Gasteiger partial charge in [0.25, 0.3) is 0 Å². The Labute approximate surface area is 155 Å². The van der Waals surface area contributed by atoms with Crippen LogP contribution in [0.3, 0.4) is 0 Å². The molecule has 1 aromatic heterocycles. The number of hydrogen-bond acceptors (Lipinski definition) is 2.